The molecule has 356 valence electrons. The van der Waals surface area contributed by atoms with Crippen LogP contribution < -0.4 is 5.73 Å². The molecule has 3 saturated heterocycles. The Balaban J connectivity index is 0.00000113. The minimum Gasteiger partial charge on any atom is -0.481 e. The number of likely N-dealkylation sites (N-methyl/N-ethyl adjacent to an activating group) is 1. The Kier molecular flexibility index (Phi) is 20.2. The molecule has 0 bridgehead atoms. The summed E-state index contributed by atoms with van der Waals surface area (Å²) in [5.41, 5.74) is 0.163. The maximum Gasteiger partial charge on any atom is 0.320 e. The molecule has 3 aliphatic heterocycles. The predicted octanol–water partition coefficient (Wildman–Crippen LogP) is 1.05. The maximum atomic E-state index is 14.1. The maximum absolute atomic E-state index is 14.1. The number of aliphatic hydroxyl groups is 5. The largest absolute Gasteiger partial charge is 0.481 e. The first-order valence-corrected chi connectivity index (χ1v) is 21.2. The summed E-state index contributed by atoms with van der Waals surface area (Å²) >= 11 is 0. The fourth-order valence-corrected chi connectivity index (χ4v) is 8.81. The standard InChI is InChI=1S/C37H67NO13.C5H9NO4/c1-14-25-37(10,45)30(41)20(4)27(39)18(2)16-35(8,44)32(51-34-28(40)24(38(11)12)15-19(3)47-34)21(5)29(22(6)33(43)49-25)50-26-17-36(9,46-13)31(42)23(7)48-26;6-3(5(9)10)1-2-4(7)8/h18-26,28-32,34,40-42,44-45H,14-17H2,1-13H3;3H,1-2,6H2,(H,7,8)(H,9,10)/t18-,19-,20+,21+,22-,23+,24+,25-,26+,28-,29+,30-,31+,32?,34+,35-,36-,37-;3-/m10/s1. The first-order valence-electron chi connectivity index (χ1n) is 21.2. The summed E-state index contributed by atoms with van der Waals surface area (Å²) in [4.78, 5) is 49.6. The van der Waals surface area contributed by atoms with Crippen molar-refractivity contribution in [2.45, 2.75) is 198 Å². The van der Waals surface area contributed by atoms with Crippen molar-refractivity contribution in [3.63, 3.8) is 0 Å². The summed E-state index contributed by atoms with van der Waals surface area (Å²) in [6.45, 7) is 16.3. The highest BCUT2D eigenvalue weighted by Crippen LogP contribution is 2.40. The summed E-state index contributed by atoms with van der Waals surface area (Å²) in [6.07, 6.45) is -9.93. The van der Waals surface area contributed by atoms with Gasteiger partial charge in [-0.2, -0.15) is 0 Å². The van der Waals surface area contributed by atoms with Crippen LogP contribution in [0.15, 0.2) is 0 Å². The Morgan fingerprint density at radius 2 is 1.51 bits per heavy atom. The molecule has 0 aromatic heterocycles. The second-order valence-corrected chi connectivity index (χ2v) is 18.3. The highest BCUT2D eigenvalue weighted by Gasteiger charge is 2.53. The number of hydrogen-bond donors (Lipinski definition) is 8. The zero-order valence-electron chi connectivity index (χ0n) is 38.2. The van der Waals surface area contributed by atoms with Gasteiger partial charge in [0.2, 0.25) is 0 Å². The number of nitrogens with zero attached hydrogens (tertiary/aromatic N) is 1. The van der Waals surface area contributed by atoms with Gasteiger partial charge in [0, 0.05) is 43.7 Å². The molecule has 3 rings (SSSR count). The first-order chi connectivity index (χ1) is 28.0. The van der Waals surface area contributed by atoms with Gasteiger partial charge in [0.1, 0.15) is 35.7 Å². The van der Waals surface area contributed by atoms with Gasteiger partial charge in [0.05, 0.1) is 47.6 Å². The third-order valence-electron chi connectivity index (χ3n) is 12.8. The molecule has 19 nitrogen and oxygen atoms in total. The molecule has 61 heavy (non-hydrogen) atoms. The van der Waals surface area contributed by atoms with Crippen molar-refractivity contribution >= 4 is 23.7 Å². The molecule has 3 fully saturated rings. The average Bonchev–Trinajstić information content (AvgIpc) is 3.17. The number of ketones is 1. The summed E-state index contributed by atoms with van der Waals surface area (Å²) in [5, 5.41) is 73.9. The normalized spacial score (nSPS) is 43.6. The molecule has 3 heterocycles. The van der Waals surface area contributed by atoms with Crippen LogP contribution in [0.4, 0.5) is 0 Å². The lowest BCUT2D eigenvalue weighted by Gasteiger charge is -2.49. The monoisotopic (exact) mass is 881 g/mol. The fourth-order valence-electron chi connectivity index (χ4n) is 8.81. The summed E-state index contributed by atoms with van der Waals surface area (Å²) in [6, 6.07) is -1.38. The lowest BCUT2D eigenvalue weighted by molar-refractivity contribution is -0.318. The number of aliphatic hydroxyl groups excluding tert-OH is 3. The number of rotatable bonds is 11. The number of methoxy groups -OCH3 is 1. The molecule has 0 spiro atoms. The molecule has 0 saturated carbocycles. The summed E-state index contributed by atoms with van der Waals surface area (Å²) < 4.78 is 37.1. The minimum atomic E-state index is -1.99. The van der Waals surface area contributed by atoms with Crippen molar-refractivity contribution < 1.29 is 83.3 Å². The van der Waals surface area contributed by atoms with Crippen LogP contribution in [0.3, 0.4) is 0 Å². The third-order valence-corrected chi connectivity index (χ3v) is 12.8. The van der Waals surface area contributed by atoms with E-state index in [2.05, 4.69) is 0 Å². The molecule has 0 aliphatic carbocycles. The Morgan fingerprint density at radius 1 is 0.918 bits per heavy atom. The van der Waals surface area contributed by atoms with Crippen molar-refractivity contribution in [2.24, 2.45) is 29.4 Å². The van der Waals surface area contributed by atoms with Gasteiger partial charge in [-0.3, -0.25) is 19.2 Å². The molecule has 19 heteroatoms. The van der Waals surface area contributed by atoms with Gasteiger partial charge in [-0.15, -0.1) is 0 Å². The molecular weight excluding hydrogens is 804 g/mol. The van der Waals surface area contributed by atoms with Crippen LogP contribution in [0.1, 0.15) is 108 Å². The van der Waals surface area contributed by atoms with E-state index in [0.29, 0.717) is 6.42 Å². The molecule has 19 atom stereocenters. The van der Waals surface area contributed by atoms with E-state index in [1.165, 1.54) is 27.9 Å². The summed E-state index contributed by atoms with van der Waals surface area (Å²) in [7, 11) is 5.18. The number of cyclic esters (lactones) is 1. The Labute approximate surface area is 360 Å². The number of carboxylic acids is 2. The molecule has 0 amide bonds. The highest BCUT2D eigenvalue weighted by molar-refractivity contribution is 5.83. The number of carbonyl (C=O) groups excluding carboxylic acids is 2. The first kappa shape index (κ1) is 54.7. The topological polar surface area (TPSA) is 295 Å². The number of nitrogens with two attached hydrogens (primary N) is 1. The second-order valence-electron chi connectivity index (χ2n) is 18.3. The number of Topliss-reactive ketones (excluding diaryl/α,β-unsaturated/α-hetero) is 1. The lowest BCUT2D eigenvalue weighted by atomic mass is 9.74. The summed E-state index contributed by atoms with van der Waals surface area (Å²) in [5.74, 6) is -7.17. The molecule has 0 aromatic rings. The smallest absolute Gasteiger partial charge is 0.320 e. The quantitative estimate of drug-likeness (QED) is 0.135. The number of esters is 1. The van der Waals surface area contributed by atoms with E-state index in [1.807, 2.05) is 25.9 Å². The van der Waals surface area contributed by atoms with Crippen molar-refractivity contribution in [1.82, 2.24) is 4.90 Å². The second kappa shape index (κ2) is 22.5. The van der Waals surface area contributed by atoms with Gasteiger partial charge in [-0.25, -0.2) is 0 Å². The van der Waals surface area contributed by atoms with Crippen LogP contribution in [-0.2, 0) is 47.6 Å². The fraction of sp³-hybridized carbons (Fsp3) is 0.905. The van der Waals surface area contributed by atoms with Gasteiger partial charge < -0.3 is 74.8 Å². The number of carbonyl (C=O) groups is 4. The predicted molar refractivity (Wildman–Crippen MR) is 219 cm³/mol. The SMILES string of the molecule is CC[C@H]1OC(=O)[C@H](C)[C@@H](O[C@H]2C[C@@](C)(OC)[C@@H](O)[C@H](C)O2)[C@H](C)C(O[C@@H]2O[C@H](C)C[C@H](N(C)C)[C@H]2O)[C@](C)(O)C[C@@H](C)C(=O)[C@H](C)[C@@H](O)[C@]1(C)O.N[C@@H](CCC(=O)O)C(=O)O. The number of carboxylic acid groups (broad SMARTS) is 2. The van der Waals surface area contributed by atoms with Crippen molar-refractivity contribution in [3.05, 3.63) is 0 Å². The number of hydrogen-bond acceptors (Lipinski definition) is 17. The Hall–Kier alpha value is -2.40. The molecule has 1 unspecified atom stereocenters. The minimum absolute atomic E-state index is 0.0231. The molecule has 3 aliphatic rings. The lowest BCUT2D eigenvalue weighted by Crippen LogP contribution is -2.61. The van der Waals surface area contributed by atoms with E-state index in [4.69, 9.17) is 44.4 Å². The van der Waals surface area contributed by atoms with Crippen LogP contribution >= 0.6 is 0 Å². The molecule has 0 radical (unpaired) electrons. The zero-order chi connectivity index (χ0) is 47.1. The van der Waals surface area contributed by atoms with Crippen LogP contribution in [0.25, 0.3) is 0 Å². The van der Waals surface area contributed by atoms with Gasteiger partial charge in [0.15, 0.2) is 12.6 Å². The molecule has 0 aromatic carbocycles. The third kappa shape index (κ3) is 13.8. The van der Waals surface area contributed by atoms with Gasteiger partial charge in [0.25, 0.3) is 0 Å². The van der Waals surface area contributed by atoms with E-state index >= 15 is 0 Å². The van der Waals surface area contributed by atoms with Crippen LogP contribution in [0.2, 0.25) is 0 Å². The van der Waals surface area contributed by atoms with Crippen molar-refractivity contribution in [1.29, 1.82) is 0 Å². The van der Waals surface area contributed by atoms with Crippen LogP contribution in [-0.4, -0.2) is 176 Å². The van der Waals surface area contributed by atoms with E-state index in [1.54, 1.807) is 41.5 Å². The van der Waals surface area contributed by atoms with Gasteiger partial charge in [-0.05, 0) is 81.3 Å². The van der Waals surface area contributed by atoms with Crippen LogP contribution in [0.5, 0.6) is 0 Å². The van der Waals surface area contributed by atoms with Crippen LogP contribution in [0, 0.1) is 23.7 Å². The molecule has 9 N–H and O–H groups in total. The number of ether oxygens (including phenoxy) is 6. The Morgan fingerprint density at radius 3 is 2.02 bits per heavy atom. The van der Waals surface area contributed by atoms with Crippen molar-refractivity contribution in [3.8, 4) is 0 Å². The highest BCUT2D eigenvalue weighted by atomic mass is 16.7. The van der Waals surface area contributed by atoms with Gasteiger partial charge in [-0.1, -0.05) is 27.7 Å². The molecular formula is C42H76N2O17. The average molecular weight is 881 g/mol. The number of aliphatic carboxylic acids is 2. The van der Waals surface area contributed by atoms with E-state index in [-0.39, 0.29) is 44.2 Å². The zero-order valence-corrected chi connectivity index (χ0v) is 38.2. The van der Waals surface area contributed by atoms with Gasteiger partial charge >= 0.3 is 17.9 Å². The Bertz CT molecular complexity index is 1450. The van der Waals surface area contributed by atoms with Crippen molar-refractivity contribution in [2.75, 3.05) is 21.2 Å². The van der Waals surface area contributed by atoms with E-state index in [9.17, 15) is 44.7 Å². The van der Waals surface area contributed by atoms with E-state index < -0.39 is 126 Å². The van der Waals surface area contributed by atoms with E-state index in [0.717, 1.165) is 0 Å².